The summed E-state index contributed by atoms with van der Waals surface area (Å²) in [6, 6.07) is 0. The minimum absolute atomic E-state index is 0.750. The third kappa shape index (κ3) is 46.8. The second-order valence-electron chi connectivity index (χ2n) is 1.17. The first-order valence-corrected chi connectivity index (χ1v) is 2.64. The van der Waals surface area contributed by atoms with Crippen LogP contribution in [0.5, 0.6) is 0 Å². The third-order valence-electron chi connectivity index (χ3n) is 0.508. The van der Waals surface area contributed by atoms with Crippen molar-refractivity contribution in [2.75, 3.05) is 0 Å². The molecule has 0 saturated heterocycles. The van der Waals surface area contributed by atoms with Crippen LogP contribution in [0.4, 0.5) is 0 Å². The lowest BCUT2D eigenvalue weighted by atomic mass is 10.4. The van der Waals surface area contributed by atoms with Gasteiger partial charge in [0.05, 0.1) is 0 Å². The summed E-state index contributed by atoms with van der Waals surface area (Å²) in [6.07, 6.45) is 7.64. The zero-order valence-electron chi connectivity index (χ0n) is 5.55. The van der Waals surface area contributed by atoms with Gasteiger partial charge in [0.1, 0.15) is 0 Å². The Morgan fingerprint density at radius 1 is 1.78 bits per heavy atom. The Bertz CT molecular complexity index is 110. The molecule has 0 aromatic heterocycles. The molecular formula is C7H11NO. The minimum atomic E-state index is 0.750. The van der Waals surface area contributed by atoms with Gasteiger partial charge in [-0.15, -0.1) is 0 Å². The van der Waals surface area contributed by atoms with Gasteiger partial charge in [-0.1, -0.05) is 31.7 Å². The van der Waals surface area contributed by atoms with E-state index in [2.05, 4.69) is 19.6 Å². The van der Waals surface area contributed by atoms with Crippen LogP contribution in [0.25, 0.3) is 0 Å². The monoisotopic (exact) mass is 125 g/mol. The van der Waals surface area contributed by atoms with Gasteiger partial charge in [0.2, 0.25) is 6.08 Å². The molecule has 2 heteroatoms. The molecule has 0 atom stereocenters. The van der Waals surface area contributed by atoms with E-state index in [-0.39, 0.29) is 0 Å². The number of carbonyl (C=O) groups excluding carboxylic acids is 1. The topological polar surface area (TPSA) is 40.9 Å². The van der Waals surface area contributed by atoms with Gasteiger partial charge in [0.15, 0.2) is 0 Å². The van der Waals surface area contributed by atoms with Crippen LogP contribution in [0.1, 0.15) is 13.3 Å². The van der Waals surface area contributed by atoms with Crippen molar-refractivity contribution in [3.05, 3.63) is 24.8 Å². The smallest absolute Gasteiger partial charge is 0.222 e. The number of hydrogen-bond acceptors (Lipinski definition) is 2. The molecule has 0 bridgehead atoms. The zero-order valence-corrected chi connectivity index (χ0v) is 5.55. The summed E-state index contributed by atoms with van der Waals surface area (Å²) in [5, 5.41) is 5.40. The summed E-state index contributed by atoms with van der Waals surface area (Å²) in [4.78, 5) is 8.35. The number of nitrogens with one attached hydrogen (secondary N) is 1. The Morgan fingerprint density at radius 2 is 2.22 bits per heavy atom. The second kappa shape index (κ2) is 15.8. The molecule has 0 saturated carbocycles. The van der Waals surface area contributed by atoms with Crippen LogP contribution in [-0.2, 0) is 4.79 Å². The first kappa shape index (κ1) is 10.8. The Labute approximate surface area is 55.4 Å². The van der Waals surface area contributed by atoms with Crippen LogP contribution >= 0.6 is 0 Å². The molecule has 0 amide bonds. The van der Waals surface area contributed by atoms with E-state index < -0.39 is 0 Å². The zero-order chi connectivity index (χ0) is 7.54. The molecule has 0 aliphatic rings. The molecule has 2 nitrogen and oxygen atoms in total. The largest absolute Gasteiger partial charge is 0.231 e. The molecule has 1 N–H and O–H groups in total. The molecule has 0 heterocycles. The number of isocyanates is 1. The summed E-state index contributed by atoms with van der Waals surface area (Å²) in [7, 11) is 0. The lowest BCUT2D eigenvalue weighted by Gasteiger charge is -1.67. The summed E-state index contributed by atoms with van der Waals surface area (Å²) in [5.41, 5.74) is 0. The molecule has 0 rings (SSSR count). The highest BCUT2D eigenvalue weighted by Crippen LogP contribution is 1.76. The van der Waals surface area contributed by atoms with E-state index >= 15 is 0 Å². The van der Waals surface area contributed by atoms with E-state index in [9.17, 15) is 0 Å². The molecule has 0 fully saturated rings. The second-order valence-corrected chi connectivity index (χ2v) is 1.17. The number of rotatable bonds is 2. The van der Waals surface area contributed by atoms with Crippen molar-refractivity contribution in [3.8, 4) is 0 Å². The summed E-state index contributed by atoms with van der Waals surface area (Å²) in [6.45, 7) is 5.61. The predicted octanol–water partition coefficient (Wildman–Crippen LogP) is 2.04. The van der Waals surface area contributed by atoms with Crippen molar-refractivity contribution in [1.29, 1.82) is 5.41 Å². The highest BCUT2D eigenvalue weighted by atomic mass is 16.1. The normalized spacial score (nSPS) is 7.22. The molecular weight excluding hydrogens is 114 g/mol. The summed E-state index contributed by atoms with van der Waals surface area (Å²) < 4.78 is 0. The molecule has 0 unspecified atom stereocenters. The fourth-order valence-electron chi connectivity index (χ4n) is 0.232. The maximum Gasteiger partial charge on any atom is 0.231 e. The van der Waals surface area contributed by atoms with Crippen LogP contribution in [0.3, 0.4) is 0 Å². The van der Waals surface area contributed by atoms with Crippen molar-refractivity contribution in [2.45, 2.75) is 13.3 Å². The van der Waals surface area contributed by atoms with Crippen LogP contribution < -0.4 is 0 Å². The van der Waals surface area contributed by atoms with Gasteiger partial charge < -0.3 is 0 Å². The number of allylic oxidation sites excluding steroid dienone is 3. The predicted molar refractivity (Wildman–Crippen MR) is 38.0 cm³/mol. The Balaban J connectivity index is 0. The van der Waals surface area contributed by atoms with Gasteiger partial charge in [-0.3, -0.25) is 0 Å². The molecule has 0 aromatic carbocycles. The standard InChI is InChI=1S/C6H10.CHNO/c1-3-5-6-4-2;2-1-3/h3,5-6H,1,4H2,2H3;2H. The fraction of sp³-hybridized carbons (Fsp3) is 0.286. The van der Waals surface area contributed by atoms with Crippen LogP contribution in [0.2, 0.25) is 0 Å². The van der Waals surface area contributed by atoms with E-state index in [0.717, 1.165) is 12.5 Å². The van der Waals surface area contributed by atoms with Gasteiger partial charge in [-0.05, 0) is 6.42 Å². The van der Waals surface area contributed by atoms with Crippen molar-refractivity contribution in [1.82, 2.24) is 0 Å². The van der Waals surface area contributed by atoms with E-state index in [4.69, 9.17) is 10.2 Å². The Hall–Kier alpha value is -1.14. The van der Waals surface area contributed by atoms with E-state index in [0.29, 0.717) is 0 Å². The van der Waals surface area contributed by atoms with E-state index in [1.54, 1.807) is 6.08 Å². The highest BCUT2D eigenvalue weighted by Gasteiger charge is 1.55. The highest BCUT2D eigenvalue weighted by molar-refractivity contribution is 5.26. The van der Waals surface area contributed by atoms with Crippen molar-refractivity contribution >= 4 is 6.08 Å². The maximum atomic E-state index is 8.35. The Morgan fingerprint density at radius 3 is 2.33 bits per heavy atom. The van der Waals surface area contributed by atoms with Gasteiger partial charge in [-0.25, -0.2) is 10.2 Å². The first-order chi connectivity index (χ1) is 4.33. The average Bonchev–Trinajstić information content (AvgIpc) is 1.86. The van der Waals surface area contributed by atoms with Crippen LogP contribution in [-0.4, -0.2) is 6.08 Å². The molecule has 9 heavy (non-hydrogen) atoms. The molecule has 50 valence electrons. The van der Waals surface area contributed by atoms with Crippen molar-refractivity contribution in [2.24, 2.45) is 0 Å². The van der Waals surface area contributed by atoms with Gasteiger partial charge in [0, 0.05) is 0 Å². The lowest BCUT2D eigenvalue weighted by molar-refractivity contribution is 0.563. The minimum Gasteiger partial charge on any atom is -0.222 e. The van der Waals surface area contributed by atoms with Crippen molar-refractivity contribution in [3.63, 3.8) is 0 Å². The average molecular weight is 125 g/mol. The molecule has 0 aliphatic heterocycles. The first-order valence-electron chi connectivity index (χ1n) is 2.64. The molecule has 0 aromatic rings. The fourth-order valence-corrected chi connectivity index (χ4v) is 0.232. The molecule has 0 aliphatic carbocycles. The van der Waals surface area contributed by atoms with E-state index in [1.165, 1.54) is 0 Å². The number of hydrogen-bond donors (Lipinski definition) is 1. The van der Waals surface area contributed by atoms with Crippen LogP contribution in [0, 0.1) is 5.41 Å². The lowest BCUT2D eigenvalue weighted by Crippen LogP contribution is -1.46. The van der Waals surface area contributed by atoms with Crippen molar-refractivity contribution < 1.29 is 4.79 Å². The van der Waals surface area contributed by atoms with Gasteiger partial charge in [0.25, 0.3) is 0 Å². The summed E-state index contributed by atoms with van der Waals surface area (Å²) >= 11 is 0. The molecule has 0 radical (unpaired) electrons. The SMILES string of the molecule is C=CC=CCC.N=C=O. The van der Waals surface area contributed by atoms with Gasteiger partial charge >= 0.3 is 0 Å². The van der Waals surface area contributed by atoms with Gasteiger partial charge in [-0.2, -0.15) is 0 Å². The maximum absolute atomic E-state index is 8.35. The van der Waals surface area contributed by atoms with Crippen LogP contribution in [0.15, 0.2) is 24.8 Å². The molecule has 0 spiro atoms. The Kier molecular flexibility index (Phi) is 18.9. The quantitative estimate of drug-likeness (QED) is 0.342. The van der Waals surface area contributed by atoms with E-state index in [1.807, 2.05) is 6.08 Å². The summed E-state index contributed by atoms with van der Waals surface area (Å²) in [5.74, 6) is 0. The third-order valence-corrected chi connectivity index (χ3v) is 0.508.